The van der Waals surface area contributed by atoms with Crippen LogP contribution in [-0.2, 0) is 0 Å². The highest BCUT2D eigenvalue weighted by Gasteiger charge is 2.18. The fraction of sp³-hybridized carbons (Fsp3) is 0. The van der Waals surface area contributed by atoms with Crippen molar-refractivity contribution in [3.8, 4) is 0 Å². The monoisotopic (exact) mass is 311 g/mol. The van der Waals surface area contributed by atoms with Crippen LogP contribution in [0.3, 0.4) is 0 Å². The van der Waals surface area contributed by atoms with Gasteiger partial charge in [0, 0.05) is 12.1 Å². The summed E-state index contributed by atoms with van der Waals surface area (Å²) in [7, 11) is 0. The van der Waals surface area contributed by atoms with Gasteiger partial charge in [-0.05, 0) is 12.1 Å². The van der Waals surface area contributed by atoms with Gasteiger partial charge >= 0.3 is 5.88 Å². The predicted molar refractivity (Wildman–Crippen MR) is 71.4 cm³/mol. The zero-order valence-corrected chi connectivity index (χ0v) is 10.9. The molecule has 0 bridgehead atoms. The number of carbonyl (C=O) groups is 1. The van der Waals surface area contributed by atoms with Gasteiger partial charge in [-0.3, -0.25) is 25.0 Å². The number of nitrogens with zero attached hydrogens (tertiary/aromatic N) is 2. The van der Waals surface area contributed by atoms with Gasteiger partial charge in [0.1, 0.15) is 4.92 Å². The molecule has 0 spiro atoms. The zero-order chi connectivity index (χ0) is 15.6. The Bertz CT molecular complexity index is 741. The van der Waals surface area contributed by atoms with E-state index >= 15 is 0 Å². The summed E-state index contributed by atoms with van der Waals surface area (Å²) in [5, 5.41) is 23.3. The van der Waals surface area contributed by atoms with Crippen molar-refractivity contribution in [1.82, 2.24) is 0 Å². The van der Waals surface area contributed by atoms with Crippen LogP contribution in [0, 0.1) is 20.2 Å². The van der Waals surface area contributed by atoms with Gasteiger partial charge < -0.3 is 9.73 Å². The molecule has 0 aliphatic rings. The van der Waals surface area contributed by atoms with Gasteiger partial charge in [-0.1, -0.05) is 11.6 Å². The predicted octanol–water partition coefficient (Wildman–Crippen LogP) is 3.00. The number of non-ortho nitro benzene ring substituents is 1. The molecule has 0 aliphatic carbocycles. The van der Waals surface area contributed by atoms with Crippen LogP contribution < -0.4 is 5.32 Å². The van der Waals surface area contributed by atoms with Gasteiger partial charge in [0.2, 0.25) is 0 Å². The number of nitro groups is 2. The number of hydrogen-bond donors (Lipinski definition) is 1. The molecule has 0 atom stereocenters. The van der Waals surface area contributed by atoms with Crippen molar-refractivity contribution in [2.45, 2.75) is 0 Å². The molecule has 0 radical (unpaired) electrons. The van der Waals surface area contributed by atoms with Crippen molar-refractivity contribution < 1.29 is 19.1 Å². The van der Waals surface area contributed by atoms with Gasteiger partial charge in [-0.25, -0.2) is 0 Å². The van der Waals surface area contributed by atoms with E-state index in [1.807, 2.05) is 0 Å². The second-order valence-electron chi connectivity index (χ2n) is 3.77. The van der Waals surface area contributed by atoms with Crippen LogP contribution in [0.1, 0.15) is 10.6 Å². The summed E-state index contributed by atoms with van der Waals surface area (Å²) in [6.45, 7) is 0. The molecule has 2 aromatic rings. The molecule has 0 unspecified atom stereocenters. The van der Waals surface area contributed by atoms with Gasteiger partial charge in [0.05, 0.1) is 21.7 Å². The zero-order valence-electron chi connectivity index (χ0n) is 10.1. The van der Waals surface area contributed by atoms with E-state index in [1.54, 1.807) is 0 Å². The first-order chi connectivity index (χ1) is 9.88. The van der Waals surface area contributed by atoms with Gasteiger partial charge in [-0.2, -0.15) is 0 Å². The standard InChI is InChI=1S/C11H6ClN3O6/c12-7-5-6(14(17)18)1-2-8(7)13-11(16)9-3-4-10(21-9)15(19)20/h1-5H,(H,13,16). The first kappa shape index (κ1) is 14.5. The lowest BCUT2D eigenvalue weighted by atomic mass is 10.2. The maximum absolute atomic E-state index is 11.8. The number of halogens is 1. The van der Waals surface area contributed by atoms with Crippen LogP contribution in [0.2, 0.25) is 5.02 Å². The number of furan rings is 1. The second-order valence-corrected chi connectivity index (χ2v) is 4.18. The molecule has 10 heteroatoms. The van der Waals surface area contributed by atoms with Gasteiger partial charge in [-0.15, -0.1) is 0 Å². The maximum atomic E-state index is 11.8. The fourth-order valence-electron chi connectivity index (χ4n) is 1.45. The number of amides is 1. The van der Waals surface area contributed by atoms with E-state index in [4.69, 9.17) is 16.0 Å². The number of nitrogens with one attached hydrogen (secondary N) is 1. The Morgan fingerprint density at radius 2 is 1.86 bits per heavy atom. The van der Waals surface area contributed by atoms with Crippen LogP contribution >= 0.6 is 11.6 Å². The summed E-state index contributed by atoms with van der Waals surface area (Å²) in [5.74, 6) is -1.62. The molecule has 1 N–H and O–H groups in total. The topological polar surface area (TPSA) is 129 Å². The van der Waals surface area contributed by atoms with Crippen molar-refractivity contribution in [3.05, 3.63) is 61.3 Å². The highest BCUT2D eigenvalue weighted by atomic mass is 35.5. The summed E-state index contributed by atoms with van der Waals surface area (Å²) in [6, 6.07) is 5.64. The Kier molecular flexibility index (Phi) is 3.85. The molecular weight excluding hydrogens is 306 g/mol. The molecule has 0 saturated heterocycles. The largest absolute Gasteiger partial charge is 0.433 e. The third kappa shape index (κ3) is 3.15. The summed E-state index contributed by atoms with van der Waals surface area (Å²) < 4.78 is 4.72. The van der Waals surface area contributed by atoms with Crippen LogP contribution in [0.4, 0.5) is 17.3 Å². The third-order valence-corrected chi connectivity index (χ3v) is 2.72. The lowest BCUT2D eigenvalue weighted by Crippen LogP contribution is -2.11. The maximum Gasteiger partial charge on any atom is 0.433 e. The van der Waals surface area contributed by atoms with E-state index in [0.29, 0.717) is 0 Å². The molecule has 0 aliphatic heterocycles. The van der Waals surface area contributed by atoms with Crippen molar-refractivity contribution in [1.29, 1.82) is 0 Å². The average Bonchev–Trinajstić information content (AvgIpc) is 2.90. The number of anilines is 1. The van der Waals surface area contributed by atoms with Crippen LogP contribution in [0.15, 0.2) is 34.7 Å². The minimum Gasteiger partial charge on any atom is -0.395 e. The summed E-state index contributed by atoms with van der Waals surface area (Å²) in [4.78, 5) is 31.4. The quantitative estimate of drug-likeness (QED) is 0.682. The number of carbonyl (C=O) groups excluding carboxylic acids is 1. The van der Waals surface area contributed by atoms with Crippen LogP contribution in [0.25, 0.3) is 0 Å². The second kappa shape index (κ2) is 5.59. The lowest BCUT2D eigenvalue weighted by molar-refractivity contribution is -0.402. The van der Waals surface area contributed by atoms with E-state index in [-0.39, 0.29) is 22.2 Å². The molecule has 9 nitrogen and oxygen atoms in total. The Balaban J connectivity index is 2.19. The summed E-state index contributed by atoms with van der Waals surface area (Å²) >= 11 is 5.80. The van der Waals surface area contributed by atoms with Gasteiger partial charge in [0.15, 0.2) is 5.76 Å². The molecule has 0 fully saturated rings. The first-order valence-corrected chi connectivity index (χ1v) is 5.76. The Labute approximate surface area is 121 Å². The van der Waals surface area contributed by atoms with Gasteiger partial charge in [0.25, 0.3) is 11.6 Å². The third-order valence-electron chi connectivity index (χ3n) is 2.41. The SMILES string of the molecule is O=C(Nc1ccc([N+](=O)[O-])cc1Cl)c1ccc([N+](=O)[O-])o1. The summed E-state index contributed by atoms with van der Waals surface area (Å²) in [6.07, 6.45) is 0. The summed E-state index contributed by atoms with van der Waals surface area (Å²) in [5.41, 5.74) is -0.113. The average molecular weight is 312 g/mol. The van der Waals surface area contributed by atoms with Crippen molar-refractivity contribution in [2.75, 3.05) is 5.32 Å². The van der Waals surface area contributed by atoms with E-state index in [2.05, 4.69) is 5.32 Å². The number of nitro benzene ring substituents is 1. The lowest BCUT2D eigenvalue weighted by Gasteiger charge is -2.04. The highest BCUT2D eigenvalue weighted by molar-refractivity contribution is 6.34. The smallest absolute Gasteiger partial charge is 0.395 e. The molecule has 2 rings (SSSR count). The van der Waals surface area contributed by atoms with E-state index in [1.165, 1.54) is 6.07 Å². The highest BCUT2D eigenvalue weighted by Crippen LogP contribution is 2.27. The minimum absolute atomic E-state index is 0.0430. The number of hydrogen-bond acceptors (Lipinski definition) is 6. The van der Waals surface area contributed by atoms with Crippen molar-refractivity contribution >= 4 is 34.8 Å². The molecule has 21 heavy (non-hydrogen) atoms. The molecule has 1 heterocycles. The first-order valence-electron chi connectivity index (χ1n) is 5.38. The minimum atomic E-state index is -0.782. The molecule has 0 saturated carbocycles. The molecule has 108 valence electrons. The molecule has 1 aromatic carbocycles. The van der Waals surface area contributed by atoms with E-state index in [0.717, 1.165) is 24.3 Å². The molecule has 1 aromatic heterocycles. The van der Waals surface area contributed by atoms with Crippen molar-refractivity contribution in [2.24, 2.45) is 0 Å². The van der Waals surface area contributed by atoms with Crippen LogP contribution in [0.5, 0.6) is 0 Å². The Morgan fingerprint density at radius 3 is 2.38 bits per heavy atom. The Morgan fingerprint density at radius 1 is 1.14 bits per heavy atom. The fourth-order valence-corrected chi connectivity index (χ4v) is 1.67. The molecule has 1 amide bonds. The van der Waals surface area contributed by atoms with Crippen LogP contribution in [-0.4, -0.2) is 15.8 Å². The van der Waals surface area contributed by atoms with E-state index in [9.17, 15) is 25.0 Å². The van der Waals surface area contributed by atoms with E-state index < -0.39 is 21.6 Å². The Hall–Kier alpha value is -2.94. The van der Waals surface area contributed by atoms with Crippen molar-refractivity contribution in [3.63, 3.8) is 0 Å². The normalized spacial score (nSPS) is 10.1. The number of rotatable bonds is 4. The molecular formula is C11H6ClN3O6. The number of benzene rings is 1.